The number of nitrogens with zero attached hydrogens (tertiary/aromatic N) is 2. The zero-order chi connectivity index (χ0) is 9.68. The predicted molar refractivity (Wildman–Crippen MR) is 58.8 cm³/mol. The van der Waals surface area contributed by atoms with Gasteiger partial charge < -0.3 is 5.32 Å². The van der Waals surface area contributed by atoms with Gasteiger partial charge >= 0.3 is 0 Å². The second kappa shape index (κ2) is 5.54. The molecule has 0 radical (unpaired) electrons. The van der Waals surface area contributed by atoms with Gasteiger partial charge in [-0.05, 0) is 40.6 Å². The van der Waals surface area contributed by atoms with Gasteiger partial charge in [-0.25, -0.2) is 4.98 Å². The molecule has 0 atom stereocenters. The van der Waals surface area contributed by atoms with Crippen LogP contribution in [0.5, 0.6) is 0 Å². The number of hydrogen-bond acceptors (Lipinski definition) is 3. The molecule has 6 heteroatoms. The first-order chi connectivity index (χ1) is 6.24. The van der Waals surface area contributed by atoms with Crippen molar-refractivity contribution in [2.24, 2.45) is 0 Å². The SMILES string of the molecule is FCCCNc1nc(Cl)ncc1I. The van der Waals surface area contributed by atoms with Crippen molar-refractivity contribution in [3.05, 3.63) is 15.1 Å². The summed E-state index contributed by atoms with van der Waals surface area (Å²) in [5.74, 6) is 0.661. The number of nitrogens with one attached hydrogen (secondary N) is 1. The molecule has 13 heavy (non-hydrogen) atoms. The highest BCUT2D eigenvalue weighted by molar-refractivity contribution is 14.1. The van der Waals surface area contributed by atoms with Gasteiger partial charge in [0.2, 0.25) is 5.28 Å². The Morgan fingerprint density at radius 3 is 3.08 bits per heavy atom. The third-order valence-electron chi connectivity index (χ3n) is 1.32. The van der Waals surface area contributed by atoms with E-state index in [1.807, 2.05) is 0 Å². The van der Waals surface area contributed by atoms with Crippen LogP contribution in [0.3, 0.4) is 0 Å². The second-order valence-electron chi connectivity index (χ2n) is 2.30. The highest BCUT2D eigenvalue weighted by Gasteiger charge is 2.01. The number of halogens is 3. The van der Waals surface area contributed by atoms with E-state index in [1.165, 1.54) is 0 Å². The third kappa shape index (κ3) is 3.60. The minimum atomic E-state index is -0.331. The minimum Gasteiger partial charge on any atom is -0.369 e. The Balaban J connectivity index is 2.59. The van der Waals surface area contributed by atoms with E-state index >= 15 is 0 Å². The first-order valence-corrected chi connectivity index (χ1v) is 5.17. The van der Waals surface area contributed by atoms with E-state index < -0.39 is 0 Å². The summed E-state index contributed by atoms with van der Waals surface area (Å²) in [6.07, 6.45) is 2.09. The van der Waals surface area contributed by atoms with Crippen LogP contribution in [0, 0.1) is 3.57 Å². The van der Waals surface area contributed by atoms with Crippen molar-refractivity contribution in [2.45, 2.75) is 6.42 Å². The molecule has 0 aliphatic rings. The van der Waals surface area contributed by atoms with Crippen molar-refractivity contribution in [1.82, 2.24) is 9.97 Å². The summed E-state index contributed by atoms with van der Waals surface area (Å²) in [5.41, 5.74) is 0. The molecule has 0 fully saturated rings. The fourth-order valence-electron chi connectivity index (χ4n) is 0.743. The van der Waals surface area contributed by atoms with Crippen LogP contribution in [0.25, 0.3) is 0 Å². The summed E-state index contributed by atoms with van der Waals surface area (Å²) in [6, 6.07) is 0. The van der Waals surface area contributed by atoms with Crippen LogP contribution in [-0.2, 0) is 0 Å². The molecule has 0 aliphatic carbocycles. The highest BCUT2D eigenvalue weighted by Crippen LogP contribution is 2.15. The summed E-state index contributed by atoms with van der Waals surface area (Å²) in [6.45, 7) is 0.224. The van der Waals surface area contributed by atoms with Crippen molar-refractivity contribution in [3.63, 3.8) is 0 Å². The average molecular weight is 316 g/mol. The van der Waals surface area contributed by atoms with Gasteiger partial charge in [0.1, 0.15) is 5.82 Å². The van der Waals surface area contributed by atoms with Crippen molar-refractivity contribution < 1.29 is 4.39 Å². The Hall–Kier alpha value is -0.170. The van der Waals surface area contributed by atoms with E-state index in [9.17, 15) is 4.39 Å². The van der Waals surface area contributed by atoms with Crippen LogP contribution in [0.2, 0.25) is 5.28 Å². The van der Waals surface area contributed by atoms with Crippen molar-refractivity contribution >= 4 is 40.0 Å². The molecular formula is C7H8ClFIN3. The molecule has 0 aliphatic heterocycles. The normalized spacial score (nSPS) is 10.1. The number of alkyl halides is 1. The zero-order valence-electron chi connectivity index (χ0n) is 6.73. The van der Waals surface area contributed by atoms with Crippen molar-refractivity contribution in [1.29, 1.82) is 0 Å². The van der Waals surface area contributed by atoms with Gasteiger partial charge in [-0.15, -0.1) is 0 Å². The maximum Gasteiger partial charge on any atom is 0.224 e. The van der Waals surface area contributed by atoms with Gasteiger partial charge in [0, 0.05) is 12.7 Å². The second-order valence-corrected chi connectivity index (χ2v) is 3.81. The minimum absolute atomic E-state index is 0.197. The van der Waals surface area contributed by atoms with Gasteiger partial charge in [-0.1, -0.05) is 0 Å². The molecule has 1 heterocycles. The predicted octanol–water partition coefficient (Wildman–Crippen LogP) is 2.51. The molecule has 72 valence electrons. The maximum absolute atomic E-state index is 11.8. The van der Waals surface area contributed by atoms with E-state index in [4.69, 9.17) is 11.6 Å². The maximum atomic E-state index is 11.8. The van der Waals surface area contributed by atoms with Gasteiger partial charge in [0.05, 0.1) is 10.2 Å². The van der Waals surface area contributed by atoms with E-state index in [-0.39, 0.29) is 12.0 Å². The molecule has 0 spiro atoms. The van der Waals surface area contributed by atoms with Crippen molar-refractivity contribution in [3.8, 4) is 0 Å². The third-order valence-corrected chi connectivity index (χ3v) is 2.29. The number of rotatable bonds is 4. The molecule has 0 amide bonds. The first-order valence-electron chi connectivity index (χ1n) is 3.72. The van der Waals surface area contributed by atoms with Gasteiger partial charge in [-0.3, -0.25) is 4.39 Å². The smallest absolute Gasteiger partial charge is 0.224 e. The first kappa shape index (κ1) is 10.9. The average Bonchev–Trinajstić information content (AvgIpc) is 2.11. The summed E-state index contributed by atoms with van der Waals surface area (Å²) in [5, 5.41) is 3.17. The lowest BCUT2D eigenvalue weighted by Gasteiger charge is -2.05. The van der Waals surface area contributed by atoms with E-state index in [1.54, 1.807) is 6.20 Å². The zero-order valence-corrected chi connectivity index (χ0v) is 9.64. The summed E-state index contributed by atoms with van der Waals surface area (Å²) in [4.78, 5) is 7.76. The Morgan fingerprint density at radius 1 is 1.62 bits per heavy atom. The molecule has 1 N–H and O–H groups in total. The molecule has 1 aromatic heterocycles. The number of anilines is 1. The summed E-state index contributed by atoms with van der Waals surface area (Å²) < 4.78 is 12.7. The number of hydrogen-bond donors (Lipinski definition) is 1. The molecule has 0 bridgehead atoms. The van der Waals surface area contributed by atoms with E-state index in [0.717, 1.165) is 3.57 Å². The molecule has 3 nitrogen and oxygen atoms in total. The fraction of sp³-hybridized carbons (Fsp3) is 0.429. The molecule has 0 aromatic carbocycles. The standard InChI is InChI=1S/C7H8ClFIN3/c8-7-12-4-5(10)6(13-7)11-3-1-2-9/h4H,1-3H2,(H,11,12,13). The Bertz CT molecular complexity index is 284. The van der Waals surface area contributed by atoms with Crippen LogP contribution in [-0.4, -0.2) is 23.2 Å². The topological polar surface area (TPSA) is 37.8 Å². The van der Waals surface area contributed by atoms with Gasteiger partial charge in [0.25, 0.3) is 0 Å². The van der Waals surface area contributed by atoms with Crippen LogP contribution in [0.15, 0.2) is 6.20 Å². The number of aromatic nitrogens is 2. The molecular weight excluding hydrogens is 307 g/mol. The molecule has 0 saturated carbocycles. The summed E-state index contributed by atoms with van der Waals surface area (Å²) >= 11 is 7.68. The quantitative estimate of drug-likeness (QED) is 0.527. The Morgan fingerprint density at radius 2 is 2.38 bits per heavy atom. The van der Waals surface area contributed by atoms with Crippen molar-refractivity contribution in [2.75, 3.05) is 18.5 Å². The van der Waals surface area contributed by atoms with Crippen LogP contribution < -0.4 is 5.32 Å². The van der Waals surface area contributed by atoms with Gasteiger partial charge in [-0.2, -0.15) is 4.98 Å². The fourth-order valence-corrected chi connectivity index (χ4v) is 1.33. The lowest BCUT2D eigenvalue weighted by molar-refractivity contribution is 0.481. The van der Waals surface area contributed by atoms with E-state index in [2.05, 4.69) is 37.9 Å². The van der Waals surface area contributed by atoms with E-state index in [0.29, 0.717) is 18.8 Å². The molecule has 0 saturated heterocycles. The van der Waals surface area contributed by atoms with Crippen LogP contribution in [0.1, 0.15) is 6.42 Å². The molecule has 1 aromatic rings. The summed E-state index contributed by atoms with van der Waals surface area (Å²) in [7, 11) is 0. The van der Waals surface area contributed by atoms with Crippen LogP contribution >= 0.6 is 34.2 Å². The highest BCUT2D eigenvalue weighted by atomic mass is 127. The van der Waals surface area contributed by atoms with Gasteiger partial charge in [0.15, 0.2) is 0 Å². The lowest BCUT2D eigenvalue weighted by atomic mass is 10.4. The molecule has 0 unspecified atom stereocenters. The van der Waals surface area contributed by atoms with Crippen LogP contribution in [0.4, 0.5) is 10.2 Å². The largest absolute Gasteiger partial charge is 0.369 e. The Kier molecular flexibility index (Phi) is 4.65. The lowest BCUT2D eigenvalue weighted by Crippen LogP contribution is -2.06. The molecule has 1 rings (SSSR count). The Labute approximate surface area is 94.2 Å². The monoisotopic (exact) mass is 315 g/mol.